The van der Waals surface area contributed by atoms with E-state index in [2.05, 4.69) is 11.8 Å². The summed E-state index contributed by atoms with van der Waals surface area (Å²) in [5.41, 5.74) is 7.29. The summed E-state index contributed by atoms with van der Waals surface area (Å²) in [5.74, 6) is 0.520. The van der Waals surface area contributed by atoms with E-state index in [0.717, 1.165) is 11.6 Å². The van der Waals surface area contributed by atoms with Crippen LogP contribution in [-0.2, 0) is 0 Å². The highest BCUT2D eigenvalue weighted by Gasteiger charge is 2.31. The van der Waals surface area contributed by atoms with Crippen LogP contribution in [0.25, 0.3) is 0 Å². The summed E-state index contributed by atoms with van der Waals surface area (Å²) in [7, 11) is 1.98. The number of benzene rings is 1. The molecule has 1 fully saturated rings. The molecule has 0 spiro atoms. The topological polar surface area (TPSA) is 29.3 Å². The summed E-state index contributed by atoms with van der Waals surface area (Å²) in [6.07, 6.45) is 2.56. The molecule has 15 heavy (non-hydrogen) atoms. The van der Waals surface area contributed by atoms with Crippen molar-refractivity contribution in [2.24, 2.45) is 5.92 Å². The number of nitrogen functional groups attached to an aromatic ring is 1. The van der Waals surface area contributed by atoms with Crippen LogP contribution in [0.15, 0.2) is 18.2 Å². The van der Waals surface area contributed by atoms with Gasteiger partial charge in [-0.1, -0.05) is 0 Å². The smallest absolute Gasteiger partial charge is 0.125 e. The van der Waals surface area contributed by atoms with E-state index in [9.17, 15) is 4.39 Å². The van der Waals surface area contributed by atoms with Crippen molar-refractivity contribution < 1.29 is 4.39 Å². The Morgan fingerprint density at radius 2 is 2.13 bits per heavy atom. The molecule has 1 saturated carbocycles. The van der Waals surface area contributed by atoms with Crippen molar-refractivity contribution in [3.05, 3.63) is 24.0 Å². The van der Waals surface area contributed by atoms with Crippen molar-refractivity contribution in [1.82, 2.24) is 0 Å². The van der Waals surface area contributed by atoms with Crippen LogP contribution < -0.4 is 10.6 Å². The molecule has 3 heteroatoms. The highest BCUT2D eigenvalue weighted by molar-refractivity contribution is 5.67. The molecule has 2 nitrogen and oxygen atoms in total. The first-order chi connectivity index (χ1) is 7.09. The lowest BCUT2D eigenvalue weighted by molar-refractivity contribution is 0.601. The molecular formula is C12H17FN2. The van der Waals surface area contributed by atoms with Crippen molar-refractivity contribution in [3.8, 4) is 0 Å². The SMILES string of the molecule is CC(C1CC1)N(C)c1cc(F)ccc1N. The number of nitrogens with zero attached hydrogens (tertiary/aromatic N) is 1. The summed E-state index contributed by atoms with van der Waals surface area (Å²) >= 11 is 0. The highest BCUT2D eigenvalue weighted by Crippen LogP contribution is 2.37. The normalized spacial score (nSPS) is 17.5. The molecule has 2 N–H and O–H groups in total. The molecular weight excluding hydrogens is 191 g/mol. The molecule has 1 atom stereocenters. The summed E-state index contributed by atoms with van der Waals surface area (Å²) < 4.78 is 13.1. The van der Waals surface area contributed by atoms with Crippen LogP contribution in [0.4, 0.5) is 15.8 Å². The van der Waals surface area contributed by atoms with Gasteiger partial charge in [-0.2, -0.15) is 0 Å². The molecule has 1 aromatic carbocycles. The van der Waals surface area contributed by atoms with E-state index in [0.29, 0.717) is 11.7 Å². The van der Waals surface area contributed by atoms with Gasteiger partial charge in [0, 0.05) is 13.1 Å². The van der Waals surface area contributed by atoms with Gasteiger partial charge in [0.05, 0.1) is 11.4 Å². The quantitative estimate of drug-likeness (QED) is 0.774. The van der Waals surface area contributed by atoms with Gasteiger partial charge in [0.25, 0.3) is 0 Å². The molecule has 0 aliphatic heterocycles. The number of halogens is 1. The van der Waals surface area contributed by atoms with Crippen LogP contribution in [0.5, 0.6) is 0 Å². The van der Waals surface area contributed by atoms with Crippen molar-refractivity contribution >= 4 is 11.4 Å². The Balaban J connectivity index is 2.23. The molecule has 0 aromatic heterocycles. The van der Waals surface area contributed by atoms with Crippen LogP contribution in [0.1, 0.15) is 19.8 Å². The molecule has 1 aliphatic rings. The first-order valence-electron chi connectivity index (χ1n) is 5.37. The number of nitrogens with two attached hydrogens (primary N) is 1. The van der Waals surface area contributed by atoms with Gasteiger partial charge in [0.2, 0.25) is 0 Å². The Bertz CT molecular complexity index is 361. The van der Waals surface area contributed by atoms with Crippen molar-refractivity contribution in [3.63, 3.8) is 0 Å². The fourth-order valence-electron chi connectivity index (χ4n) is 1.94. The van der Waals surface area contributed by atoms with E-state index < -0.39 is 0 Å². The summed E-state index contributed by atoms with van der Waals surface area (Å²) in [4.78, 5) is 2.08. The summed E-state index contributed by atoms with van der Waals surface area (Å²) in [6, 6.07) is 4.97. The third-order valence-corrected chi connectivity index (χ3v) is 3.29. The maximum Gasteiger partial charge on any atom is 0.125 e. The summed E-state index contributed by atoms with van der Waals surface area (Å²) in [5, 5.41) is 0. The lowest BCUT2D eigenvalue weighted by atomic mass is 10.1. The monoisotopic (exact) mass is 208 g/mol. The van der Waals surface area contributed by atoms with Crippen molar-refractivity contribution in [2.75, 3.05) is 17.7 Å². The predicted molar refractivity (Wildman–Crippen MR) is 61.4 cm³/mol. The lowest BCUT2D eigenvalue weighted by Crippen LogP contribution is -2.31. The second-order valence-corrected chi connectivity index (χ2v) is 4.39. The van der Waals surface area contributed by atoms with Crippen molar-refractivity contribution in [1.29, 1.82) is 0 Å². The lowest BCUT2D eigenvalue weighted by Gasteiger charge is -2.28. The van der Waals surface area contributed by atoms with Gasteiger partial charge in [0.15, 0.2) is 0 Å². The molecule has 0 saturated heterocycles. The van der Waals surface area contributed by atoms with Crippen LogP contribution >= 0.6 is 0 Å². The Hall–Kier alpha value is -1.25. The fraction of sp³-hybridized carbons (Fsp3) is 0.500. The third-order valence-electron chi connectivity index (χ3n) is 3.29. The molecule has 0 radical (unpaired) electrons. The zero-order valence-electron chi connectivity index (χ0n) is 9.20. The summed E-state index contributed by atoms with van der Waals surface area (Å²) in [6.45, 7) is 2.17. The Labute approximate surface area is 89.9 Å². The van der Waals surface area contributed by atoms with Gasteiger partial charge in [-0.15, -0.1) is 0 Å². The molecule has 0 heterocycles. The standard InChI is InChI=1S/C12H17FN2/c1-8(9-3-4-9)15(2)12-7-10(13)5-6-11(12)14/h5-9H,3-4,14H2,1-2H3. The van der Waals surface area contributed by atoms with Gasteiger partial charge in [-0.05, 0) is 43.9 Å². The molecule has 2 rings (SSSR count). The minimum absolute atomic E-state index is 0.228. The Kier molecular flexibility index (Phi) is 2.55. The molecule has 0 amide bonds. The first kappa shape index (κ1) is 10.3. The molecule has 0 bridgehead atoms. The second kappa shape index (κ2) is 3.72. The fourth-order valence-corrected chi connectivity index (χ4v) is 1.94. The van der Waals surface area contributed by atoms with E-state index in [1.807, 2.05) is 7.05 Å². The van der Waals surface area contributed by atoms with Gasteiger partial charge < -0.3 is 10.6 Å². The number of hydrogen-bond donors (Lipinski definition) is 1. The Morgan fingerprint density at radius 3 is 2.73 bits per heavy atom. The van der Waals surface area contributed by atoms with Gasteiger partial charge in [-0.3, -0.25) is 0 Å². The van der Waals surface area contributed by atoms with E-state index in [1.54, 1.807) is 6.07 Å². The molecule has 1 aliphatic carbocycles. The van der Waals surface area contributed by atoms with E-state index in [4.69, 9.17) is 5.73 Å². The third kappa shape index (κ3) is 2.06. The van der Waals surface area contributed by atoms with E-state index in [-0.39, 0.29) is 5.82 Å². The van der Waals surface area contributed by atoms with Gasteiger partial charge >= 0.3 is 0 Å². The zero-order chi connectivity index (χ0) is 11.0. The Morgan fingerprint density at radius 1 is 1.47 bits per heavy atom. The number of rotatable bonds is 3. The highest BCUT2D eigenvalue weighted by atomic mass is 19.1. The largest absolute Gasteiger partial charge is 0.397 e. The van der Waals surface area contributed by atoms with E-state index in [1.165, 1.54) is 25.0 Å². The maximum atomic E-state index is 13.1. The van der Waals surface area contributed by atoms with Crippen LogP contribution in [0.2, 0.25) is 0 Å². The van der Waals surface area contributed by atoms with Crippen molar-refractivity contribution in [2.45, 2.75) is 25.8 Å². The molecule has 82 valence electrons. The van der Waals surface area contributed by atoms with Crippen LogP contribution in [-0.4, -0.2) is 13.1 Å². The molecule has 1 aromatic rings. The van der Waals surface area contributed by atoms with Crippen LogP contribution in [0, 0.1) is 11.7 Å². The second-order valence-electron chi connectivity index (χ2n) is 4.39. The average Bonchev–Trinajstić information content (AvgIpc) is 3.03. The van der Waals surface area contributed by atoms with Crippen LogP contribution in [0.3, 0.4) is 0 Å². The number of anilines is 2. The van der Waals surface area contributed by atoms with E-state index >= 15 is 0 Å². The van der Waals surface area contributed by atoms with Gasteiger partial charge in [0.1, 0.15) is 5.82 Å². The molecule has 1 unspecified atom stereocenters. The minimum Gasteiger partial charge on any atom is -0.397 e. The predicted octanol–water partition coefficient (Wildman–Crippen LogP) is 2.64. The minimum atomic E-state index is -0.228. The first-order valence-corrected chi connectivity index (χ1v) is 5.37. The average molecular weight is 208 g/mol. The number of hydrogen-bond acceptors (Lipinski definition) is 2. The van der Waals surface area contributed by atoms with Gasteiger partial charge in [-0.25, -0.2) is 4.39 Å². The zero-order valence-corrected chi connectivity index (χ0v) is 9.20. The maximum absolute atomic E-state index is 13.1.